The lowest BCUT2D eigenvalue weighted by molar-refractivity contribution is -0.137. The Hall–Kier alpha value is -2.05. The van der Waals surface area contributed by atoms with Crippen LogP contribution in [0.5, 0.6) is 5.75 Å². The number of halogens is 3. The van der Waals surface area contributed by atoms with Gasteiger partial charge in [0.15, 0.2) is 0 Å². The first-order chi connectivity index (χ1) is 10.4. The molecule has 0 saturated heterocycles. The molecule has 3 nitrogen and oxygen atoms in total. The zero-order valence-electron chi connectivity index (χ0n) is 11.6. The number of para-hydroxylation sites is 1. The molecule has 0 spiro atoms. The third-order valence-corrected chi connectivity index (χ3v) is 3.24. The van der Waals surface area contributed by atoms with Gasteiger partial charge in [-0.3, -0.25) is 0 Å². The quantitative estimate of drug-likeness (QED) is 0.794. The highest BCUT2D eigenvalue weighted by Gasteiger charge is 2.30. The Morgan fingerprint density at radius 3 is 2.45 bits per heavy atom. The third-order valence-electron chi connectivity index (χ3n) is 3.24. The molecule has 2 aromatic carbocycles. The molecular weight excluding hydrogens is 295 g/mol. The lowest BCUT2D eigenvalue weighted by Crippen LogP contribution is -2.21. The van der Waals surface area contributed by atoms with E-state index in [1.165, 1.54) is 12.1 Å². The van der Waals surface area contributed by atoms with E-state index in [1.54, 1.807) is 24.3 Å². The lowest BCUT2D eigenvalue weighted by atomic mass is 10.1. The normalized spacial score (nSPS) is 13.1. The summed E-state index contributed by atoms with van der Waals surface area (Å²) in [5, 5.41) is 22.5. The van der Waals surface area contributed by atoms with Gasteiger partial charge >= 0.3 is 6.18 Å². The average molecular weight is 311 g/mol. The van der Waals surface area contributed by atoms with Gasteiger partial charge in [0.2, 0.25) is 0 Å². The Bertz CT molecular complexity index is 629. The molecule has 0 aliphatic carbocycles. The van der Waals surface area contributed by atoms with Crippen LogP contribution in [0.25, 0.3) is 0 Å². The van der Waals surface area contributed by atoms with Crippen LogP contribution in [-0.4, -0.2) is 16.8 Å². The van der Waals surface area contributed by atoms with Crippen LogP contribution in [0.3, 0.4) is 0 Å². The van der Waals surface area contributed by atoms with Crippen molar-refractivity contribution < 1.29 is 23.4 Å². The average Bonchev–Trinajstić information content (AvgIpc) is 2.48. The number of alkyl halides is 3. The van der Waals surface area contributed by atoms with Gasteiger partial charge in [-0.05, 0) is 23.8 Å². The Balaban J connectivity index is 1.95. The molecule has 0 amide bonds. The van der Waals surface area contributed by atoms with Crippen LogP contribution in [-0.2, 0) is 12.7 Å². The van der Waals surface area contributed by atoms with Crippen LogP contribution in [0.15, 0.2) is 48.5 Å². The predicted molar refractivity (Wildman–Crippen MR) is 76.2 cm³/mol. The maximum absolute atomic E-state index is 12.6. The van der Waals surface area contributed by atoms with E-state index in [2.05, 4.69) is 5.32 Å². The first kappa shape index (κ1) is 16.3. The first-order valence-electron chi connectivity index (χ1n) is 6.71. The molecule has 3 N–H and O–H groups in total. The van der Waals surface area contributed by atoms with Crippen LogP contribution in [0.4, 0.5) is 13.2 Å². The fourth-order valence-electron chi connectivity index (χ4n) is 2.04. The van der Waals surface area contributed by atoms with Crippen molar-refractivity contribution in [1.29, 1.82) is 0 Å². The topological polar surface area (TPSA) is 52.5 Å². The van der Waals surface area contributed by atoms with Crippen molar-refractivity contribution >= 4 is 0 Å². The molecular formula is C16H16F3NO2. The lowest BCUT2D eigenvalue weighted by Gasteiger charge is -2.15. The highest BCUT2D eigenvalue weighted by atomic mass is 19.4. The van der Waals surface area contributed by atoms with Crippen LogP contribution in [0.2, 0.25) is 0 Å². The van der Waals surface area contributed by atoms with Crippen LogP contribution >= 0.6 is 0 Å². The number of phenolic OH excluding ortho intramolecular Hbond substituents is 1. The Morgan fingerprint density at radius 1 is 1.05 bits per heavy atom. The molecule has 118 valence electrons. The second-order valence-electron chi connectivity index (χ2n) is 4.90. The van der Waals surface area contributed by atoms with E-state index < -0.39 is 17.8 Å². The van der Waals surface area contributed by atoms with Crippen molar-refractivity contribution in [2.45, 2.75) is 18.8 Å². The van der Waals surface area contributed by atoms with E-state index in [0.29, 0.717) is 12.1 Å². The summed E-state index contributed by atoms with van der Waals surface area (Å²) in [5.74, 6) is 0.128. The monoisotopic (exact) mass is 311 g/mol. The minimum absolute atomic E-state index is 0.0790. The molecule has 2 rings (SSSR count). The maximum Gasteiger partial charge on any atom is 0.416 e. The Labute approximate surface area is 126 Å². The molecule has 0 bridgehead atoms. The molecule has 2 aromatic rings. The van der Waals surface area contributed by atoms with Gasteiger partial charge in [-0.2, -0.15) is 13.2 Å². The van der Waals surface area contributed by atoms with Crippen molar-refractivity contribution in [1.82, 2.24) is 5.32 Å². The second-order valence-corrected chi connectivity index (χ2v) is 4.90. The summed E-state index contributed by atoms with van der Waals surface area (Å²) >= 11 is 0. The fraction of sp³-hybridized carbons (Fsp3) is 0.250. The van der Waals surface area contributed by atoms with Crippen molar-refractivity contribution in [3.63, 3.8) is 0 Å². The molecule has 0 aliphatic heterocycles. The van der Waals surface area contributed by atoms with E-state index in [-0.39, 0.29) is 17.9 Å². The van der Waals surface area contributed by atoms with Gasteiger partial charge in [0.25, 0.3) is 0 Å². The standard InChI is InChI=1S/C16H16F3NO2/c17-16(18,19)13-6-3-5-11(8-13)15(22)10-20-9-12-4-1-2-7-14(12)21/h1-8,15,20-22H,9-10H2/t15-/m1/s1. The number of hydrogen-bond acceptors (Lipinski definition) is 3. The Morgan fingerprint density at radius 2 is 1.77 bits per heavy atom. The van der Waals surface area contributed by atoms with Gasteiger partial charge in [-0.15, -0.1) is 0 Å². The van der Waals surface area contributed by atoms with Crippen molar-refractivity contribution in [3.8, 4) is 5.75 Å². The van der Waals surface area contributed by atoms with E-state index in [1.807, 2.05) is 0 Å². The summed E-state index contributed by atoms with van der Waals surface area (Å²) < 4.78 is 37.9. The van der Waals surface area contributed by atoms with Crippen LogP contribution < -0.4 is 5.32 Å². The van der Waals surface area contributed by atoms with Gasteiger partial charge in [0, 0.05) is 18.7 Å². The third kappa shape index (κ3) is 4.22. The number of aliphatic hydroxyl groups is 1. The van der Waals surface area contributed by atoms with Crippen LogP contribution in [0, 0.1) is 0 Å². The molecule has 1 atom stereocenters. The fourth-order valence-corrected chi connectivity index (χ4v) is 2.04. The summed E-state index contributed by atoms with van der Waals surface area (Å²) in [4.78, 5) is 0. The summed E-state index contributed by atoms with van der Waals surface area (Å²) in [6.45, 7) is 0.387. The molecule has 0 radical (unpaired) electrons. The zero-order valence-corrected chi connectivity index (χ0v) is 11.6. The van der Waals surface area contributed by atoms with Crippen molar-refractivity contribution in [2.24, 2.45) is 0 Å². The number of hydrogen-bond donors (Lipinski definition) is 3. The minimum Gasteiger partial charge on any atom is -0.508 e. The van der Waals surface area contributed by atoms with E-state index >= 15 is 0 Å². The summed E-state index contributed by atoms with van der Waals surface area (Å²) in [5.41, 5.74) is 0.0584. The summed E-state index contributed by atoms with van der Waals surface area (Å²) in [6.07, 6.45) is -5.49. The maximum atomic E-state index is 12.6. The second kappa shape index (κ2) is 6.81. The smallest absolute Gasteiger partial charge is 0.416 e. The molecule has 0 aliphatic rings. The largest absolute Gasteiger partial charge is 0.508 e. The summed E-state index contributed by atoms with van der Waals surface area (Å²) in [6, 6.07) is 11.3. The van der Waals surface area contributed by atoms with Gasteiger partial charge in [0.1, 0.15) is 5.75 Å². The number of phenols is 1. The van der Waals surface area contributed by atoms with Crippen molar-refractivity contribution in [2.75, 3.05) is 6.54 Å². The minimum atomic E-state index is -4.43. The molecule has 0 heterocycles. The summed E-state index contributed by atoms with van der Waals surface area (Å²) in [7, 11) is 0. The van der Waals surface area contributed by atoms with Gasteiger partial charge in [-0.1, -0.05) is 30.3 Å². The molecule has 22 heavy (non-hydrogen) atoms. The molecule has 0 aromatic heterocycles. The number of rotatable bonds is 5. The highest BCUT2D eigenvalue weighted by molar-refractivity contribution is 5.31. The zero-order chi connectivity index (χ0) is 16.2. The van der Waals surface area contributed by atoms with E-state index in [4.69, 9.17) is 0 Å². The van der Waals surface area contributed by atoms with Gasteiger partial charge in [-0.25, -0.2) is 0 Å². The number of aliphatic hydroxyl groups excluding tert-OH is 1. The number of aromatic hydroxyl groups is 1. The Kier molecular flexibility index (Phi) is 5.05. The highest BCUT2D eigenvalue weighted by Crippen LogP contribution is 2.30. The molecule has 6 heteroatoms. The van der Waals surface area contributed by atoms with Crippen molar-refractivity contribution in [3.05, 3.63) is 65.2 Å². The van der Waals surface area contributed by atoms with Crippen LogP contribution in [0.1, 0.15) is 22.8 Å². The first-order valence-corrected chi connectivity index (χ1v) is 6.71. The van der Waals surface area contributed by atoms with E-state index in [9.17, 15) is 23.4 Å². The number of benzene rings is 2. The van der Waals surface area contributed by atoms with Gasteiger partial charge < -0.3 is 15.5 Å². The molecule has 0 unspecified atom stereocenters. The van der Waals surface area contributed by atoms with Gasteiger partial charge in [0.05, 0.1) is 11.7 Å². The predicted octanol–water partition coefficient (Wildman–Crippen LogP) is 3.23. The number of nitrogens with one attached hydrogen (secondary N) is 1. The SMILES string of the molecule is Oc1ccccc1CNC[C@@H](O)c1cccc(C(F)(F)F)c1. The van der Waals surface area contributed by atoms with E-state index in [0.717, 1.165) is 12.1 Å². The molecule has 0 saturated carbocycles. The molecule has 0 fully saturated rings.